The van der Waals surface area contributed by atoms with Crippen LogP contribution in [-0.4, -0.2) is 25.7 Å². The SMILES string of the molecule is CC1CCO1.Cc1ccc(S(=O)(=O)O)cc1. The predicted molar refractivity (Wildman–Crippen MR) is 61.0 cm³/mol. The number of aryl methyl sites for hydroxylation is 1. The molecule has 0 aromatic heterocycles. The van der Waals surface area contributed by atoms with E-state index in [2.05, 4.69) is 6.92 Å². The van der Waals surface area contributed by atoms with E-state index in [1.54, 1.807) is 12.1 Å². The van der Waals surface area contributed by atoms with Crippen LogP contribution in [0.25, 0.3) is 0 Å². The third kappa shape index (κ3) is 4.30. The summed E-state index contributed by atoms with van der Waals surface area (Å²) in [6.07, 6.45) is 1.83. The first kappa shape index (κ1) is 13.2. The van der Waals surface area contributed by atoms with Crippen molar-refractivity contribution in [2.24, 2.45) is 0 Å². The van der Waals surface area contributed by atoms with E-state index in [4.69, 9.17) is 9.29 Å². The van der Waals surface area contributed by atoms with E-state index in [-0.39, 0.29) is 4.90 Å². The molecule has 1 fully saturated rings. The Bertz CT molecular complexity index is 418. The van der Waals surface area contributed by atoms with Gasteiger partial charge < -0.3 is 4.74 Å². The number of hydrogen-bond donors (Lipinski definition) is 1. The van der Waals surface area contributed by atoms with Gasteiger partial charge in [0, 0.05) is 6.61 Å². The van der Waals surface area contributed by atoms with Gasteiger partial charge in [0.1, 0.15) is 0 Å². The minimum Gasteiger partial charge on any atom is -0.378 e. The molecule has 0 bridgehead atoms. The zero-order valence-electron chi connectivity index (χ0n) is 9.38. The largest absolute Gasteiger partial charge is 0.378 e. The Morgan fingerprint density at radius 3 is 2.00 bits per heavy atom. The maximum absolute atomic E-state index is 10.5. The lowest BCUT2D eigenvalue weighted by Gasteiger charge is -2.20. The highest BCUT2D eigenvalue weighted by Gasteiger charge is 2.09. The molecule has 1 aliphatic heterocycles. The van der Waals surface area contributed by atoms with Gasteiger partial charge in [0.2, 0.25) is 0 Å². The Morgan fingerprint density at radius 2 is 1.75 bits per heavy atom. The van der Waals surface area contributed by atoms with Crippen molar-refractivity contribution in [1.29, 1.82) is 0 Å². The van der Waals surface area contributed by atoms with Crippen molar-refractivity contribution in [3.8, 4) is 0 Å². The summed E-state index contributed by atoms with van der Waals surface area (Å²) in [4.78, 5) is -0.0666. The molecule has 1 aromatic rings. The van der Waals surface area contributed by atoms with E-state index in [1.165, 1.54) is 18.6 Å². The summed E-state index contributed by atoms with van der Waals surface area (Å²) in [7, 11) is -4.02. The number of hydrogen-bond acceptors (Lipinski definition) is 3. The van der Waals surface area contributed by atoms with Gasteiger partial charge in [-0.1, -0.05) is 17.7 Å². The van der Waals surface area contributed by atoms with Crippen LogP contribution in [0, 0.1) is 6.92 Å². The molecule has 16 heavy (non-hydrogen) atoms. The van der Waals surface area contributed by atoms with E-state index in [0.717, 1.165) is 12.2 Å². The molecule has 0 amide bonds. The Balaban J connectivity index is 0.000000212. The number of rotatable bonds is 1. The molecule has 1 saturated heterocycles. The maximum atomic E-state index is 10.5. The third-order valence-corrected chi connectivity index (χ3v) is 3.11. The molecule has 1 unspecified atom stereocenters. The van der Waals surface area contributed by atoms with Crippen LogP contribution in [0.1, 0.15) is 18.9 Å². The van der Waals surface area contributed by atoms with Gasteiger partial charge in [0.15, 0.2) is 0 Å². The molecule has 1 N–H and O–H groups in total. The van der Waals surface area contributed by atoms with Crippen LogP contribution in [0.2, 0.25) is 0 Å². The summed E-state index contributed by atoms with van der Waals surface area (Å²) < 4.78 is 34.5. The fourth-order valence-corrected chi connectivity index (χ4v) is 1.54. The number of ether oxygens (including phenoxy) is 1. The van der Waals surface area contributed by atoms with Crippen molar-refractivity contribution < 1.29 is 17.7 Å². The second-order valence-electron chi connectivity index (χ2n) is 3.76. The Morgan fingerprint density at radius 1 is 1.31 bits per heavy atom. The molecule has 1 aliphatic rings. The second-order valence-corrected chi connectivity index (χ2v) is 5.18. The molecule has 0 radical (unpaired) electrons. The van der Waals surface area contributed by atoms with E-state index >= 15 is 0 Å². The van der Waals surface area contributed by atoms with Crippen molar-refractivity contribution >= 4 is 10.1 Å². The molecule has 5 heteroatoms. The highest BCUT2D eigenvalue weighted by Crippen LogP contribution is 2.08. The van der Waals surface area contributed by atoms with Gasteiger partial charge in [0.05, 0.1) is 11.0 Å². The van der Waals surface area contributed by atoms with E-state index in [1.807, 2.05) is 6.92 Å². The van der Waals surface area contributed by atoms with Gasteiger partial charge in [-0.15, -0.1) is 0 Å². The summed E-state index contributed by atoms with van der Waals surface area (Å²) >= 11 is 0. The fraction of sp³-hybridized carbons (Fsp3) is 0.455. The fourth-order valence-electron chi connectivity index (χ4n) is 1.06. The van der Waals surface area contributed by atoms with Gasteiger partial charge in [0.25, 0.3) is 10.1 Å². The minimum absolute atomic E-state index is 0.0666. The topological polar surface area (TPSA) is 63.6 Å². The lowest BCUT2D eigenvalue weighted by Crippen LogP contribution is -2.22. The monoisotopic (exact) mass is 244 g/mol. The normalized spacial score (nSPS) is 19.3. The Labute approximate surface area is 96.0 Å². The van der Waals surface area contributed by atoms with Crippen molar-refractivity contribution in [2.45, 2.75) is 31.3 Å². The summed E-state index contributed by atoms with van der Waals surface area (Å²) in [5.74, 6) is 0. The first-order chi connectivity index (χ1) is 7.39. The van der Waals surface area contributed by atoms with Crippen LogP contribution >= 0.6 is 0 Å². The summed E-state index contributed by atoms with van der Waals surface area (Å²) in [5.41, 5.74) is 0.956. The average molecular weight is 244 g/mol. The molecule has 0 saturated carbocycles. The van der Waals surface area contributed by atoms with Crippen molar-refractivity contribution in [2.75, 3.05) is 6.61 Å². The van der Waals surface area contributed by atoms with Gasteiger partial charge in [-0.25, -0.2) is 0 Å². The van der Waals surface area contributed by atoms with Crippen LogP contribution in [0.5, 0.6) is 0 Å². The van der Waals surface area contributed by atoms with E-state index < -0.39 is 10.1 Å². The molecule has 1 heterocycles. The van der Waals surface area contributed by atoms with Crippen molar-refractivity contribution in [3.63, 3.8) is 0 Å². The maximum Gasteiger partial charge on any atom is 0.294 e. The lowest BCUT2D eigenvalue weighted by molar-refractivity contribution is -0.0375. The Hall–Kier alpha value is -0.910. The zero-order chi connectivity index (χ0) is 12.2. The van der Waals surface area contributed by atoms with E-state index in [0.29, 0.717) is 6.10 Å². The van der Waals surface area contributed by atoms with Crippen molar-refractivity contribution in [1.82, 2.24) is 0 Å². The molecule has 1 aromatic carbocycles. The summed E-state index contributed by atoms with van der Waals surface area (Å²) in [6.45, 7) is 4.92. The van der Waals surface area contributed by atoms with Crippen LogP contribution in [0.4, 0.5) is 0 Å². The lowest BCUT2D eigenvalue weighted by atomic mass is 10.2. The first-order valence-electron chi connectivity index (χ1n) is 5.05. The molecule has 2 rings (SSSR count). The third-order valence-electron chi connectivity index (χ3n) is 2.25. The van der Waals surface area contributed by atoms with Crippen LogP contribution < -0.4 is 0 Å². The molecule has 90 valence electrons. The molecule has 0 spiro atoms. The highest BCUT2D eigenvalue weighted by atomic mass is 32.2. The number of benzene rings is 1. The van der Waals surface area contributed by atoms with Crippen molar-refractivity contribution in [3.05, 3.63) is 29.8 Å². The zero-order valence-corrected chi connectivity index (χ0v) is 10.2. The van der Waals surface area contributed by atoms with E-state index in [9.17, 15) is 8.42 Å². The van der Waals surface area contributed by atoms with Crippen LogP contribution in [-0.2, 0) is 14.9 Å². The average Bonchev–Trinajstić information content (AvgIpc) is 2.15. The standard InChI is InChI=1S/C7H8O3S.C4H8O/c1-6-2-4-7(5-3-6)11(8,9)10;1-4-2-3-5-4/h2-5H,1H3,(H,8,9,10);4H,2-3H2,1H3. The molecule has 1 atom stereocenters. The van der Waals surface area contributed by atoms with Crippen LogP contribution in [0.3, 0.4) is 0 Å². The van der Waals surface area contributed by atoms with Gasteiger partial charge >= 0.3 is 0 Å². The minimum atomic E-state index is -4.02. The Kier molecular flexibility index (Phi) is 4.46. The second kappa shape index (κ2) is 5.43. The molecule has 0 aliphatic carbocycles. The molecule has 4 nitrogen and oxygen atoms in total. The highest BCUT2D eigenvalue weighted by molar-refractivity contribution is 7.85. The van der Waals surface area contributed by atoms with Gasteiger partial charge in [-0.05, 0) is 32.4 Å². The smallest absolute Gasteiger partial charge is 0.294 e. The summed E-state index contributed by atoms with van der Waals surface area (Å²) in [5, 5.41) is 0. The van der Waals surface area contributed by atoms with Gasteiger partial charge in [-0.3, -0.25) is 4.55 Å². The van der Waals surface area contributed by atoms with Crippen LogP contribution in [0.15, 0.2) is 29.2 Å². The first-order valence-corrected chi connectivity index (χ1v) is 6.49. The van der Waals surface area contributed by atoms with Gasteiger partial charge in [-0.2, -0.15) is 8.42 Å². The molecular weight excluding hydrogens is 228 g/mol. The summed E-state index contributed by atoms with van der Waals surface area (Å²) in [6, 6.07) is 5.99. The molecular formula is C11H16O4S. The predicted octanol–water partition coefficient (Wildman–Crippen LogP) is 2.04. The quantitative estimate of drug-likeness (QED) is 0.768.